The quantitative estimate of drug-likeness (QED) is 0.737. The molecule has 1 aromatic heterocycles. The Labute approximate surface area is 93.7 Å². The zero-order chi connectivity index (χ0) is 10.7. The molecule has 1 unspecified atom stereocenters. The van der Waals surface area contributed by atoms with Gasteiger partial charge in [-0.25, -0.2) is 4.68 Å². The minimum atomic E-state index is 0.303. The van der Waals surface area contributed by atoms with Crippen molar-refractivity contribution in [3.8, 4) is 0 Å². The van der Waals surface area contributed by atoms with E-state index in [0.717, 1.165) is 31.9 Å². The number of rotatable bonds is 3. The van der Waals surface area contributed by atoms with Crippen molar-refractivity contribution >= 4 is 11.6 Å². The zero-order valence-electron chi connectivity index (χ0n) is 8.77. The molecule has 15 heavy (non-hydrogen) atoms. The summed E-state index contributed by atoms with van der Waals surface area (Å²) in [6, 6.07) is 0.303. The van der Waals surface area contributed by atoms with Gasteiger partial charge >= 0.3 is 0 Å². The third-order valence-electron chi connectivity index (χ3n) is 3.01. The van der Waals surface area contributed by atoms with Crippen LogP contribution in [0, 0.1) is 5.92 Å². The first-order valence-corrected chi connectivity index (χ1v) is 5.77. The van der Waals surface area contributed by atoms with Gasteiger partial charge in [0.15, 0.2) is 5.82 Å². The molecule has 0 N–H and O–H groups in total. The topological polar surface area (TPSA) is 52.8 Å². The number of tetrazole rings is 1. The fraction of sp³-hybridized carbons (Fsp3) is 0.889. The summed E-state index contributed by atoms with van der Waals surface area (Å²) in [6.07, 6.45) is 2.14. The second-order valence-electron chi connectivity index (χ2n) is 3.86. The summed E-state index contributed by atoms with van der Waals surface area (Å²) in [5.41, 5.74) is 0. The summed E-state index contributed by atoms with van der Waals surface area (Å²) in [5.74, 6) is 1.69. The van der Waals surface area contributed by atoms with Gasteiger partial charge in [-0.3, -0.25) is 0 Å². The fourth-order valence-corrected chi connectivity index (χ4v) is 2.19. The lowest BCUT2D eigenvalue weighted by Gasteiger charge is -2.27. The van der Waals surface area contributed by atoms with Gasteiger partial charge in [-0.05, 0) is 36.1 Å². The van der Waals surface area contributed by atoms with Crippen LogP contribution in [-0.4, -0.2) is 33.4 Å². The Balaban J connectivity index is 2.08. The first kappa shape index (κ1) is 10.8. The van der Waals surface area contributed by atoms with E-state index in [1.54, 1.807) is 0 Å². The Morgan fingerprint density at radius 3 is 2.93 bits per heavy atom. The second-order valence-corrected chi connectivity index (χ2v) is 4.13. The van der Waals surface area contributed by atoms with E-state index in [1.807, 2.05) is 4.68 Å². The minimum Gasteiger partial charge on any atom is -0.381 e. The van der Waals surface area contributed by atoms with Gasteiger partial charge in [0.2, 0.25) is 0 Å². The van der Waals surface area contributed by atoms with Crippen LogP contribution in [0.4, 0.5) is 0 Å². The second kappa shape index (κ2) is 4.90. The molecule has 0 spiro atoms. The maximum atomic E-state index is 5.77. The minimum absolute atomic E-state index is 0.303. The third kappa shape index (κ3) is 2.29. The molecule has 1 aliphatic heterocycles. The number of alkyl halides is 1. The highest BCUT2D eigenvalue weighted by atomic mass is 35.5. The number of hydrogen-bond donors (Lipinski definition) is 0. The Bertz CT molecular complexity index is 311. The average molecular weight is 231 g/mol. The van der Waals surface area contributed by atoms with E-state index in [0.29, 0.717) is 17.8 Å². The van der Waals surface area contributed by atoms with Crippen LogP contribution >= 0.6 is 11.6 Å². The SMILES string of the molecule is CC(C1CCOCC1)n1nnnc1CCl. The van der Waals surface area contributed by atoms with Crippen LogP contribution in [0.15, 0.2) is 0 Å². The first-order chi connectivity index (χ1) is 7.33. The van der Waals surface area contributed by atoms with Crippen LogP contribution in [-0.2, 0) is 10.6 Å². The fourth-order valence-electron chi connectivity index (χ4n) is 2.01. The Morgan fingerprint density at radius 1 is 1.53 bits per heavy atom. The highest BCUT2D eigenvalue weighted by Gasteiger charge is 2.24. The lowest BCUT2D eigenvalue weighted by Crippen LogP contribution is -2.25. The van der Waals surface area contributed by atoms with Crippen LogP contribution in [0.2, 0.25) is 0 Å². The van der Waals surface area contributed by atoms with Crippen molar-refractivity contribution in [1.29, 1.82) is 0 Å². The molecule has 84 valence electrons. The summed E-state index contributed by atoms with van der Waals surface area (Å²) >= 11 is 5.77. The lowest BCUT2D eigenvalue weighted by molar-refractivity contribution is 0.0489. The summed E-state index contributed by atoms with van der Waals surface area (Å²) in [5, 5.41) is 11.5. The summed E-state index contributed by atoms with van der Waals surface area (Å²) in [4.78, 5) is 0. The van der Waals surface area contributed by atoms with Crippen LogP contribution < -0.4 is 0 Å². The molecule has 1 atom stereocenters. The third-order valence-corrected chi connectivity index (χ3v) is 3.25. The molecular weight excluding hydrogens is 216 g/mol. The van der Waals surface area contributed by atoms with Gasteiger partial charge in [-0.1, -0.05) is 0 Å². The molecule has 0 bridgehead atoms. The Morgan fingerprint density at radius 2 is 2.27 bits per heavy atom. The van der Waals surface area contributed by atoms with E-state index in [9.17, 15) is 0 Å². The molecule has 0 aliphatic carbocycles. The molecule has 0 aromatic carbocycles. The smallest absolute Gasteiger partial charge is 0.166 e. The maximum absolute atomic E-state index is 5.77. The van der Waals surface area contributed by atoms with E-state index in [-0.39, 0.29) is 0 Å². The monoisotopic (exact) mass is 230 g/mol. The molecule has 2 rings (SSSR count). The molecular formula is C9H15ClN4O. The van der Waals surface area contributed by atoms with Crippen molar-refractivity contribution in [3.63, 3.8) is 0 Å². The molecule has 1 aromatic rings. The predicted molar refractivity (Wildman–Crippen MR) is 55.6 cm³/mol. The van der Waals surface area contributed by atoms with E-state index >= 15 is 0 Å². The van der Waals surface area contributed by atoms with Crippen LogP contribution in [0.25, 0.3) is 0 Å². The van der Waals surface area contributed by atoms with Crippen LogP contribution in [0.1, 0.15) is 31.6 Å². The lowest BCUT2D eigenvalue weighted by atomic mass is 9.93. The van der Waals surface area contributed by atoms with Gasteiger partial charge in [-0.15, -0.1) is 16.7 Å². The molecule has 2 heterocycles. The summed E-state index contributed by atoms with van der Waals surface area (Å²) < 4.78 is 7.17. The van der Waals surface area contributed by atoms with Crippen molar-refractivity contribution in [2.45, 2.75) is 31.7 Å². The van der Waals surface area contributed by atoms with Crippen molar-refractivity contribution in [2.24, 2.45) is 5.92 Å². The Kier molecular flexibility index (Phi) is 3.53. The van der Waals surface area contributed by atoms with Crippen molar-refractivity contribution < 1.29 is 4.74 Å². The maximum Gasteiger partial charge on any atom is 0.166 e. The van der Waals surface area contributed by atoms with Gasteiger partial charge in [0.25, 0.3) is 0 Å². The molecule has 5 nitrogen and oxygen atoms in total. The van der Waals surface area contributed by atoms with Gasteiger partial charge in [-0.2, -0.15) is 0 Å². The van der Waals surface area contributed by atoms with E-state index in [1.165, 1.54) is 0 Å². The summed E-state index contributed by atoms with van der Waals surface area (Å²) in [6.45, 7) is 3.82. The van der Waals surface area contributed by atoms with Crippen molar-refractivity contribution in [2.75, 3.05) is 13.2 Å². The van der Waals surface area contributed by atoms with Gasteiger partial charge in [0.05, 0.1) is 11.9 Å². The zero-order valence-corrected chi connectivity index (χ0v) is 9.52. The standard InChI is InChI=1S/C9H15ClN4O/c1-7(8-2-4-15-5-3-8)14-9(6-10)11-12-13-14/h7-8H,2-6H2,1H3. The van der Waals surface area contributed by atoms with Crippen LogP contribution in [0.3, 0.4) is 0 Å². The van der Waals surface area contributed by atoms with Gasteiger partial charge in [0, 0.05) is 13.2 Å². The molecule has 1 fully saturated rings. The predicted octanol–water partition coefficient (Wildman–Crippen LogP) is 1.40. The normalized spacial score (nSPS) is 20.4. The molecule has 6 heteroatoms. The van der Waals surface area contributed by atoms with E-state index in [4.69, 9.17) is 16.3 Å². The first-order valence-electron chi connectivity index (χ1n) is 5.23. The molecule has 0 amide bonds. The number of hydrogen-bond acceptors (Lipinski definition) is 4. The highest BCUT2D eigenvalue weighted by molar-refractivity contribution is 6.16. The molecule has 1 aliphatic rings. The average Bonchev–Trinajstić information content (AvgIpc) is 2.77. The molecule has 1 saturated heterocycles. The number of nitrogens with zero attached hydrogens (tertiary/aromatic N) is 4. The van der Waals surface area contributed by atoms with Gasteiger partial charge in [0.1, 0.15) is 0 Å². The Hall–Kier alpha value is -0.680. The molecule has 0 saturated carbocycles. The highest BCUT2D eigenvalue weighted by Crippen LogP contribution is 2.27. The van der Waals surface area contributed by atoms with Crippen LogP contribution in [0.5, 0.6) is 0 Å². The number of halogens is 1. The van der Waals surface area contributed by atoms with Crippen molar-refractivity contribution in [3.05, 3.63) is 5.82 Å². The largest absolute Gasteiger partial charge is 0.381 e. The molecule has 0 radical (unpaired) electrons. The van der Waals surface area contributed by atoms with E-state index < -0.39 is 0 Å². The summed E-state index contributed by atoms with van der Waals surface area (Å²) in [7, 11) is 0. The van der Waals surface area contributed by atoms with Gasteiger partial charge < -0.3 is 4.74 Å². The van der Waals surface area contributed by atoms with E-state index in [2.05, 4.69) is 22.4 Å². The van der Waals surface area contributed by atoms with Crippen molar-refractivity contribution in [1.82, 2.24) is 20.2 Å². The number of aromatic nitrogens is 4. The number of ether oxygens (including phenoxy) is 1.